The van der Waals surface area contributed by atoms with Crippen LogP contribution in [0.2, 0.25) is 20.1 Å². The molecule has 6 aromatic rings. The fourth-order valence-electron chi connectivity index (χ4n) is 6.64. The number of sulfone groups is 2. The van der Waals surface area contributed by atoms with Crippen LogP contribution >= 0.6 is 46.4 Å². The second-order valence-electron chi connectivity index (χ2n) is 14.6. The monoisotopic (exact) mass is 1030 g/mol. The summed E-state index contributed by atoms with van der Waals surface area (Å²) < 4.78 is 86.9. The van der Waals surface area contributed by atoms with Gasteiger partial charge in [-0.1, -0.05) is 58.5 Å². The summed E-state index contributed by atoms with van der Waals surface area (Å²) in [5.41, 5.74) is 5.52. The number of rotatable bonds is 9. The number of nitrogens with two attached hydrogens (primary N) is 1. The van der Waals surface area contributed by atoms with E-state index in [1.807, 2.05) is 6.07 Å². The first-order valence-corrected chi connectivity index (χ1v) is 24.6. The molecule has 348 valence electrons. The number of oxazole rings is 2. The van der Waals surface area contributed by atoms with Gasteiger partial charge in [0.15, 0.2) is 25.4 Å². The molecule has 3 amide bonds. The first kappa shape index (κ1) is 48.6. The zero-order chi connectivity index (χ0) is 48.4. The van der Waals surface area contributed by atoms with E-state index in [4.69, 9.17) is 61.0 Å². The summed E-state index contributed by atoms with van der Waals surface area (Å²) >= 11 is 24.7. The highest BCUT2D eigenvalue weighted by Gasteiger charge is 2.30. The van der Waals surface area contributed by atoms with Crippen LogP contribution in [0.4, 0.5) is 31.9 Å². The van der Waals surface area contributed by atoms with Gasteiger partial charge in [-0.05, 0) is 60.7 Å². The number of halogens is 6. The molecular weight excluding hydrogens is 1000 g/mol. The van der Waals surface area contributed by atoms with Crippen LogP contribution in [0, 0.1) is 23.0 Å². The molecule has 25 heteroatoms. The average Bonchev–Trinajstić information content (AvgIpc) is 3.87. The summed E-state index contributed by atoms with van der Waals surface area (Å²) in [4.78, 5) is 47.9. The maximum Gasteiger partial charge on any atom is 0.273 e. The SMILES string of the molecule is N#Cc1nc(-c2c(Cl)cccc2Cl)oc1Nc1ccc(C(=O)N2CCS(=O)(=O)CC2)c(F)c1.NC(=O)c1nc(-c2c(Cl)cccc2Cl)oc1Nc1ccc(C(=O)N2CCS(=O)(=O)CC2)c(F)c1. The van der Waals surface area contributed by atoms with Gasteiger partial charge in [0.25, 0.3) is 17.7 Å². The van der Waals surface area contributed by atoms with Gasteiger partial charge in [0.1, 0.15) is 17.7 Å². The fourth-order valence-corrected chi connectivity index (χ4v) is 10.2. The standard InChI is InChI=1S/C21H17Cl2FN4O5S.C21H15Cl2FN4O4S/c22-13-2-1-3-14(23)16(13)19-27-17(18(25)29)20(33-19)26-11-4-5-12(15(24)10-11)21(30)28-6-8-34(31,32)9-7-28;22-14-2-1-3-15(23)18(14)20-27-17(11-25)19(32-20)26-12-4-5-13(16(24)10-12)21(29)28-6-8-33(30,31)9-7-28/h1-5,10,26H,6-9H2,(H2,25,29);1-5,10,26H,6-9H2. The van der Waals surface area contributed by atoms with Gasteiger partial charge in [-0.15, -0.1) is 0 Å². The molecule has 2 aromatic heterocycles. The van der Waals surface area contributed by atoms with E-state index in [2.05, 4.69) is 20.6 Å². The molecule has 2 saturated heterocycles. The third-order valence-corrected chi connectivity index (χ3v) is 14.6. The summed E-state index contributed by atoms with van der Waals surface area (Å²) in [7, 11) is -6.36. The number of primary amides is 1. The number of hydrogen-bond donors (Lipinski definition) is 3. The van der Waals surface area contributed by atoms with Gasteiger partial charge >= 0.3 is 0 Å². The molecule has 0 saturated carbocycles. The van der Waals surface area contributed by atoms with Crippen molar-refractivity contribution >= 4 is 107 Å². The number of nitriles is 1. The molecule has 0 bridgehead atoms. The Hall–Kier alpha value is -6.28. The van der Waals surface area contributed by atoms with Crippen LogP contribution in [0.15, 0.2) is 81.6 Å². The van der Waals surface area contributed by atoms with Gasteiger partial charge in [0.2, 0.25) is 29.2 Å². The molecule has 67 heavy (non-hydrogen) atoms. The van der Waals surface area contributed by atoms with Crippen molar-refractivity contribution in [3.63, 3.8) is 0 Å². The van der Waals surface area contributed by atoms with E-state index in [9.17, 15) is 45.3 Å². The second kappa shape index (κ2) is 19.9. The van der Waals surface area contributed by atoms with Crippen LogP contribution in [0.25, 0.3) is 22.9 Å². The maximum absolute atomic E-state index is 14.8. The molecule has 0 aliphatic carbocycles. The highest BCUT2D eigenvalue weighted by molar-refractivity contribution is 7.91. The number of nitrogens with one attached hydrogen (secondary N) is 2. The number of carbonyl (C=O) groups is 3. The van der Waals surface area contributed by atoms with Crippen molar-refractivity contribution in [1.82, 2.24) is 19.8 Å². The summed E-state index contributed by atoms with van der Waals surface area (Å²) in [6, 6.07) is 18.9. The number of anilines is 4. The lowest BCUT2D eigenvalue weighted by Gasteiger charge is -2.27. The molecule has 17 nitrogen and oxygen atoms in total. The van der Waals surface area contributed by atoms with Crippen LogP contribution < -0.4 is 16.4 Å². The molecule has 0 spiro atoms. The molecule has 2 aliphatic rings. The predicted octanol–water partition coefficient (Wildman–Crippen LogP) is 7.77. The summed E-state index contributed by atoms with van der Waals surface area (Å²) in [6.45, 7) is 0.0111. The van der Waals surface area contributed by atoms with Gasteiger partial charge in [0, 0.05) is 37.6 Å². The lowest BCUT2D eigenvalue weighted by atomic mass is 10.1. The van der Waals surface area contributed by atoms with Crippen molar-refractivity contribution in [2.45, 2.75) is 0 Å². The first-order chi connectivity index (χ1) is 31.7. The number of hydrogen-bond acceptors (Lipinski definition) is 14. The highest BCUT2D eigenvalue weighted by Crippen LogP contribution is 2.38. The second-order valence-corrected chi connectivity index (χ2v) is 20.8. The first-order valence-electron chi connectivity index (χ1n) is 19.5. The predicted molar refractivity (Wildman–Crippen MR) is 246 cm³/mol. The molecule has 8 rings (SSSR count). The topological polar surface area (TPSA) is 252 Å². The maximum atomic E-state index is 14.8. The number of carbonyl (C=O) groups excluding carboxylic acids is 3. The van der Waals surface area contributed by atoms with Crippen LogP contribution in [0.1, 0.15) is 36.9 Å². The van der Waals surface area contributed by atoms with Crippen molar-refractivity contribution in [3.8, 4) is 29.0 Å². The summed E-state index contributed by atoms with van der Waals surface area (Å²) in [5, 5.41) is 15.9. The number of aromatic nitrogens is 2. The summed E-state index contributed by atoms with van der Waals surface area (Å²) in [6.07, 6.45) is 0. The Morgan fingerprint density at radius 3 is 1.42 bits per heavy atom. The lowest BCUT2D eigenvalue weighted by Crippen LogP contribution is -2.44. The Kier molecular flexibility index (Phi) is 14.4. The highest BCUT2D eigenvalue weighted by atomic mass is 35.5. The van der Waals surface area contributed by atoms with Crippen LogP contribution in [-0.4, -0.2) is 104 Å². The molecule has 4 heterocycles. The Bertz CT molecular complexity index is 3170. The van der Waals surface area contributed by atoms with Gasteiger partial charge < -0.3 is 35.0 Å². The van der Waals surface area contributed by atoms with Crippen molar-refractivity contribution in [1.29, 1.82) is 5.26 Å². The molecule has 0 atom stereocenters. The Morgan fingerprint density at radius 2 is 1.03 bits per heavy atom. The zero-order valence-corrected chi connectivity index (χ0v) is 38.8. The quantitative estimate of drug-likeness (QED) is 0.125. The summed E-state index contributed by atoms with van der Waals surface area (Å²) in [5.74, 6) is -4.71. The van der Waals surface area contributed by atoms with E-state index in [1.54, 1.807) is 36.4 Å². The molecule has 4 aromatic carbocycles. The molecule has 0 radical (unpaired) electrons. The molecule has 0 unspecified atom stereocenters. The van der Waals surface area contributed by atoms with Crippen molar-refractivity contribution in [2.24, 2.45) is 5.73 Å². The molecule has 2 fully saturated rings. The largest absolute Gasteiger partial charge is 0.419 e. The minimum atomic E-state index is -3.19. The molecule has 4 N–H and O–H groups in total. The number of amides is 3. The van der Waals surface area contributed by atoms with Crippen molar-refractivity contribution < 1.29 is 48.8 Å². The van der Waals surface area contributed by atoms with E-state index in [1.165, 1.54) is 34.1 Å². The van der Waals surface area contributed by atoms with Crippen molar-refractivity contribution in [2.75, 3.05) is 59.8 Å². The van der Waals surface area contributed by atoms with Crippen LogP contribution in [0.3, 0.4) is 0 Å². The van der Waals surface area contributed by atoms with E-state index in [0.29, 0.717) is 5.56 Å². The average molecular weight is 1040 g/mol. The normalized spacial score (nSPS) is 15.2. The van der Waals surface area contributed by atoms with Crippen LogP contribution in [0.5, 0.6) is 0 Å². The molecule has 2 aliphatic heterocycles. The van der Waals surface area contributed by atoms with Gasteiger partial charge in [-0.3, -0.25) is 14.4 Å². The Labute approximate surface area is 400 Å². The Balaban J connectivity index is 0.000000199. The minimum Gasteiger partial charge on any atom is -0.419 e. The smallest absolute Gasteiger partial charge is 0.273 e. The minimum absolute atomic E-state index is 0.00593. The Morgan fingerprint density at radius 1 is 0.642 bits per heavy atom. The van der Waals surface area contributed by atoms with Crippen LogP contribution in [-0.2, 0) is 19.7 Å². The molecular formula is C42H32Cl4F2N8O9S2. The van der Waals surface area contributed by atoms with E-state index in [-0.39, 0.29) is 132 Å². The van der Waals surface area contributed by atoms with Gasteiger partial charge in [-0.25, -0.2) is 30.6 Å². The van der Waals surface area contributed by atoms with Gasteiger partial charge in [0.05, 0.1) is 65.4 Å². The van der Waals surface area contributed by atoms with E-state index >= 15 is 0 Å². The zero-order valence-electron chi connectivity index (χ0n) is 34.2. The lowest BCUT2D eigenvalue weighted by molar-refractivity contribution is 0.0757. The third-order valence-electron chi connectivity index (χ3n) is 10.1. The fraction of sp³-hybridized carbons (Fsp3) is 0.190. The third kappa shape index (κ3) is 11.1. The number of nitrogens with zero attached hydrogens (tertiary/aromatic N) is 5. The van der Waals surface area contributed by atoms with E-state index < -0.39 is 49.0 Å². The number of benzene rings is 4. The van der Waals surface area contributed by atoms with E-state index in [0.717, 1.165) is 12.1 Å². The van der Waals surface area contributed by atoms with Gasteiger partial charge in [-0.2, -0.15) is 10.2 Å². The van der Waals surface area contributed by atoms with Crippen molar-refractivity contribution in [3.05, 3.63) is 127 Å².